The van der Waals surface area contributed by atoms with Crippen molar-refractivity contribution in [3.05, 3.63) is 65.7 Å². The first-order valence-electron chi connectivity index (χ1n) is 10.3. The van der Waals surface area contributed by atoms with Gasteiger partial charge in [-0.2, -0.15) is 0 Å². The Balaban J connectivity index is 1.37. The third-order valence-electron chi connectivity index (χ3n) is 6.12. The van der Waals surface area contributed by atoms with Crippen molar-refractivity contribution in [2.45, 2.75) is 31.3 Å². The Hall–Kier alpha value is -2.99. The van der Waals surface area contributed by atoms with Gasteiger partial charge in [-0.1, -0.05) is 42.5 Å². The molecule has 2 aromatic rings. The number of aliphatic hydroxyl groups is 1. The van der Waals surface area contributed by atoms with E-state index in [9.17, 15) is 14.7 Å². The molecule has 1 fully saturated rings. The highest BCUT2D eigenvalue weighted by molar-refractivity contribution is 6.06. The van der Waals surface area contributed by atoms with Crippen molar-refractivity contribution >= 4 is 17.5 Å². The smallest absolute Gasteiger partial charge is 0.251 e. The predicted molar refractivity (Wildman–Crippen MR) is 114 cm³/mol. The van der Waals surface area contributed by atoms with Crippen molar-refractivity contribution in [2.75, 3.05) is 20.2 Å². The van der Waals surface area contributed by atoms with Crippen LogP contribution in [0.15, 0.2) is 59.6 Å². The van der Waals surface area contributed by atoms with Crippen molar-refractivity contribution in [2.24, 2.45) is 10.9 Å². The number of amidine groups is 1. The summed E-state index contributed by atoms with van der Waals surface area (Å²) in [5.74, 6) is 0.460. The van der Waals surface area contributed by atoms with Gasteiger partial charge >= 0.3 is 0 Å². The third kappa shape index (κ3) is 4.00. The van der Waals surface area contributed by atoms with Gasteiger partial charge in [0.1, 0.15) is 11.6 Å². The minimum absolute atomic E-state index is 0.112. The van der Waals surface area contributed by atoms with E-state index in [1.165, 1.54) is 7.11 Å². The van der Waals surface area contributed by atoms with Gasteiger partial charge in [-0.15, -0.1) is 0 Å². The van der Waals surface area contributed by atoms with E-state index in [1.54, 1.807) is 18.2 Å². The quantitative estimate of drug-likeness (QED) is 0.772. The van der Waals surface area contributed by atoms with Crippen molar-refractivity contribution in [3.63, 3.8) is 0 Å². The molecule has 0 bridgehead atoms. The van der Waals surface area contributed by atoms with E-state index < -0.39 is 11.5 Å². The van der Waals surface area contributed by atoms with Crippen molar-refractivity contribution in [1.29, 1.82) is 0 Å². The normalized spacial score (nSPS) is 20.7. The Labute approximate surface area is 176 Å². The minimum Gasteiger partial charge on any atom is -0.496 e. The fourth-order valence-corrected chi connectivity index (χ4v) is 4.31. The van der Waals surface area contributed by atoms with Gasteiger partial charge in [0, 0.05) is 25.9 Å². The number of likely N-dealkylation sites (tertiary alicyclic amines) is 1. The first-order chi connectivity index (χ1) is 14.5. The Kier molecular flexibility index (Phi) is 5.68. The summed E-state index contributed by atoms with van der Waals surface area (Å²) in [4.78, 5) is 31.5. The maximum Gasteiger partial charge on any atom is 0.251 e. The molecule has 2 aliphatic heterocycles. The lowest BCUT2D eigenvalue weighted by atomic mass is 9.84. The largest absolute Gasteiger partial charge is 0.496 e. The van der Waals surface area contributed by atoms with Crippen molar-refractivity contribution in [1.82, 2.24) is 4.90 Å². The fourth-order valence-electron chi connectivity index (χ4n) is 4.31. The van der Waals surface area contributed by atoms with Crippen LogP contribution in [0.4, 0.5) is 0 Å². The second-order valence-corrected chi connectivity index (χ2v) is 7.98. The second-order valence-electron chi connectivity index (χ2n) is 7.98. The molecule has 0 radical (unpaired) electrons. The molecule has 0 spiro atoms. The lowest BCUT2D eigenvalue weighted by molar-refractivity contribution is -0.120. The second kappa shape index (κ2) is 8.40. The molecular formula is C24H26N2O4. The molecule has 30 heavy (non-hydrogen) atoms. The summed E-state index contributed by atoms with van der Waals surface area (Å²) in [5, 5.41) is 11.0. The molecule has 2 aliphatic rings. The van der Waals surface area contributed by atoms with Crippen LogP contribution in [0, 0.1) is 5.92 Å². The zero-order valence-electron chi connectivity index (χ0n) is 17.1. The molecule has 1 amide bonds. The number of amides is 1. The van der Waals surface area contributed by atoms with Gasteiger partial charge in [-0.05, 0) is 30.5 Å². The van der Waals surface area contributed by atoms with E-state index in [2.05, 4.69) is 9.89 Å². The number of hydrogen-bond donors (Lipinski definition) is 1. The number of carbonyl (C=O) groups excluding carboxylic acids is 2. The highest BCUT2D eigenvalue weighted by Crippen LogP contribution is 2.34. The number of para-hydroxylation sites is 1. The van der Waals surface area contributed by atoms with Crippen molar-refractivity contribution < 1.29 is 19.4 Å². The van der Waals surface area contributed by atoms with Crippen LogP contribution in [0.1, 0.15) is 41.6 Å². The average molecular weight is 406 g/mol. The van der Waals surface area contributed by atoms with Gasteiger partial charge in [0.2, 0.25) is 0 Å². The Morgan fingerprint density at radius 2 is 1.80 bits per heavy atom. The molecular weight excluding hydrogens is 380 g/mol. The highest BCUT2D eigenvalue weighted by Gasteiger charge is 2.38. The number of hydrogen-bond acceptors (Lipinski definition) is 5. The number of piperidine rings is 1. The number of ketones is 1. The third-order valence-corrected chi connectivity index (χ3v) is 6.12. The summed E-state index contributed by atoms with van der Waals surface area (Å²) in [6.45, 7) is 1.26. The first-order valence-corrected chi connectivity index (χ1v) is 10.3. The van der Waals surface area contributed by atoms with Crippen LogP contribution in [-0.2, 0) is 10.4 Å². The molecule has 1 saturated heterocycles. The van der Waals surface area contributed by atoms with Gasteiger partial charge in [-0.3, -0.25) is 9.59 Å². The van der Waals surface area contributed by atoms with Crippen molar-refractivity contribution in [3.8, 4) is 5.75 Å². The van der Waals surface area contributed by atoms with Crippen LogP contribution in [0.25, 0.3) is 0 Å². The standard InChI is InChI=1S/C24H26N2O4/c1-30-21-10-6-5-9-19(21)20(27)15-17-16-22(25-23(17)28)26-13-11-24(29,12-14-26)18-7-3-2-4-8-18/h2-10,17,29H,11-16H2,1H3. The Morgan fingerprint density at radius 1 is 1.13 bits per heavy atom. The summed E-state index contributed by atoms with van der Waals surface area (Å²) in [6, 6.07) is 16.8. The summed E-state index contributed by atoms with van der Waals surface area (Å²) in [7, 11) is 1.53. The molecule has 0 saturated carbocycles. The monoisotopic (exact) mass is 406 g/mol. The van der Waals surface area contributed by atoms with Crippen LogP contribution in [0.3, 0.4) is 0 Å². The molecule has 0 aliphatic carbocycles. The van der Waals surface area contributed by atoms with Crippen LogP contribution in [0.2, 0.25) is 0 Å². The topological polar surface area (TPSA) is 79.2 Å². The SMILES string of the molecule is COc1ccccc1C(=O)CC1CC(N2CCC(O)(c3ccccc3)CC2)=NC1=O. The number of carbonyl (C=O) groups is 2. The number of nitrogens with zero attached hydrogens (tertiary/aromatic N) is 2. The van der Waals surface area contributed by atoms with E-state index in [-0.39, 0.29) is 18.1 Å². The summed E-state index contributed by atoms with van der Waals surface area (Å²) in [6.07, 6.45) is 1.74. The molecule has 156 valence electrons. The summed E-state index contributed by atoms with van der Waals surface area (Å²) < 4.78 is 5.26. The van der Waals surface area contributed by atoms with E-state index in [0.717, 1.165) is 11.4 Å². The molecule has 1 atom stereocenters. The number of Topliss-reactive ketones (excluding diaryl/α,β-unsaturated/α-hetero) is 1. The molecule has 4 rings (SSSR count). The number of ether oxygens (including phenoxy) is 1. The van der Waals surface area contributed by atoms with Crippen LogP contribution >= 0.6 is 0 Å². The molecule has 6 nitrogen and oxygen atoms in total. The molecule has 1 unspecified atom stereocenters. The zero-order valence-corrected chi connectivity index (χ0v) is 17.1. The molecule has 1 N–H and O–H groups in total. The van der Waals surface area contributed by atoms with E-state index in [4.69, 9.17) is 4.74 Å². The number of aliphatic imine (C=N–C) groups is 1. The van der Waals surface area contributed by atoms with Crippen LogP contribution < -0.4 is 4.74 Å². The highest BCUT2D eigenvalue weighted by atomic mass is 16.5. The molecule has 6 heteroatoms. The van der Waals surface area contributed by atoms with Gasteiger partial charge in [-0.25, -0.2) is 4.99 Å². The Morgan fingerprint density at radius 3 is 2.50 bits per heavy atom. The Bertz CT molecular complexity index is 962. The minimum atomic E-state index is -0.847. The van der Waals surface area contributed by atoms with Gasteiger partial charge < -0.3 is 14.7 Å². The number of methoxy groups -OCH3 is 1. The summed E-state index contributed by atoms with van der Waals surface area (Å²) in [5.41, 5.74) is 0.571. The van der Waals surface area contributed by atoms with Crippen LogP contribution in [-0.4, -0.2) is 47.7 Å². The van der Waals surface area contributed by atoms with Gasteiger partial charge in [0.05, 0.1) is 24.2 Å². The van der Waals surface area contributed by atoms with E-state index in [0.29, 0.717) is 43.7 Å². The molecule has 2 aromatic carbocycles. The zero-order chi connectivity index (χ0) is 21.1. The van der Waals surface area contributed by atoms with Crippen LogP contribution in [0.5, 0.6) is 5.75 Å². The van der Waals surface area contributed by atoms with E-state index >= 15 is 0 Å². The maximum atomic E-state index is 12.7. The van der Waals surface area contributed by atoms with E-state index in [1.807, 2.05) is 36.4 Å². The summed E-state index contributed by atoms with van der Waals surface area (Å²) >= 11 is 0. The first kappa shape index (κ1) is 20.3. The maximum absolute atomic E-state index is 12.7. The lowest BCUT2D eigenvalue weighted by Gasteiger charge is -2.39. The molecule has 0 aromatic heterocycles. The number of rotatable bonds is 5. The predicted octanol–water partition coefficient (Wildman–Crippen LogP) is 3.20. The van der Waals surface area contributed by atoms with Gasteiger partial charge in [0.25, 0.3) is 5.91 Å². The molecule has 2 heterocycles. The average Bonchev–Trinajstić information content (AvgIpc) is 3.14. The van der Waals surface area contributed by atoms with Gasteiger partial charge in [0.15, 0.2) is 5.78 Å². The number of benzene rings is 2. The lowest BCUT2D eigenvalue weighted by Crippen LogP contribution is -2.44. The fraction of sp³-hybridized carbons (Fsp3) is 0.375.